The second-order valence-corrected chi connectivity index (χ2v) is 3.23. The van der Waals surface area contributed by atoms with E-state index in [0.29, 0.717) is 5.69 Å². The number of urea groups is 1. The molecule has 2 N–H and O–H groups in total. The molecule has 0 atom stereocenters. The van der Waals surface area contributed by atoms with Crippen LogP contribution in [-0.2, 0) is 5.11 Å². The molecule has 0 unspecified atom stereocenters. The van der Waals surface area contributed by atoms with Crippen LogP contribution in [0.2, 0.25) is 0 Å². The molecule has 16 heavy (non-hydrogen) atoms. The lowest BCUT2D eigenvalue weighted by molar-refractivity contribution is 0.233. The zero-order chi connectivity index (χ0) is 11.8. The maximum Gasteiger partial charge on any atom is 0.320 e. The van der Waals surface area contributed by atoms with E-state index in [-0.39, 0.29) is 18.6 Å². The normalized spacial score (nSPS) is 10.4. The Kier molecular flexibility index (Phi) is 5.39. The van der Waals surface area contributed by atoms with Crippen molar-refractivity contribution in [1.82, 2.24) is 5.32 Å². The molecule has 0 saturated heterocycles. The number of amides is 2. The van der Waals surface area contributed by atoms with E-state index in [1.54, 1.807) is 24.3 Å². The molecule has 0 heterocycles. The number of anilines is 1. The second-order valence-electron chi connectivity index (χ2n) is 2.96. The zero-order valence-corrected chi connectivity index (χ0v) is 9.33. The Balaban J connectivity index is 2.67. The first kappa shape index (κ1) is 12.5. The molecular weight excluding hydrogens is 228 g/mol. The Bertz CT molecular complexity index is 380. The maximum atomic E-state index is 11.2. The van der Waals surface area contributed by atoms with Gasteiger partial charge >= 0.3 is 6.03 Å². The molecule has 0 fully saturated rings. The van der Waals surface area contributed by atoms with Crippen molar-refractivity contribution in [2.24, 2.45) is 0 Å². The molecule has 0 aliphatic heterocycles. The quantitative estimate of drug-likeness (QED) is 0.615. The molecule has 85 valence electrons. The fraction of sp³-hybridized carbons (Fsp3) is 0.182. The number of carbonyl (C=O) groups is 1. The minimum Gasteiger partial charge on any atom is -0.324 e. The van der Waals surface area contributed by atoms with Gasteiger partial charge in [-0.15, -0.1) is 11.6 Å². The van der Waals surface area contributed by atoms with Crippen molar-refractivity contribution in [3.8, 4) is 0 Å². The van der Waals surface area contributed by atoms with E-state index >= 15 is 0 Å². The Hall–Kier alpha value is -1.52. The molecule has 2 amide bonds. The summed E-state index contributed by atoms with van der Waals surface area (Å²) in [6.07, 6.45) is 3.22. The molecule has 1 rings (SSSR count). The highest BCUT2D eigenvalue weighted by Gasteiger charge is 1.99. The molecule has 0 bridgehead atoms. The molecule has 0 aliphatic carbocycles. The van der Waals surface area contributed by atoms with Crippen LogP contribution in [-0.4, -0.2) is 18.6 Å². The van der Waals surface area contributed by atoms with Gasteiger partial charge in [0.15, 0.2) is 0 Å². The summed E-state index contributed by atoms with van der Waals surface area (Å²) >= 11 is 5.34. The Labute approximate surface area is 98.9 Å². The number of hydrogen-bond donors (Lipinski definition) is 2. The topological polar surface area (TPSA) is 61.0 Å². The lowest BCUT2D eigenvalue weighted by Crippen LogP contribution is -2.27. The predicted molar refractivity (Wildman–Crippen MR) is 63.9 cm³/mol. The van der Waals surface area contributed by atoms with Crippen LogP contribution in [0.4, 0.5) is 10.5 Å². The monoisotopic (exact) mass is 239 g/mol. The third-order valence-electron chi connectivity index (χ3n) is 1.78. The lowest BCUT2D eigenvalue weighted by Gasteiger charge is -2.05. The fourth-order valence-corrected chi connectivity index (χ4v) is 1.26. The number of rotatable bonds is 4. The minimum absolute atomic E-state index is 0.0572. The van der Waals surface area contributed by atoms with Crippen molar-refractivity contribution < 1.29 is 9.90 Å². The van der Waals surface area contributed by atoms with E-state index in [4.69, 9.17) is 11.6 Å². The number of halogens is 1. The third kappa shape index (κ3) is 4.33. The van der Waals surface area contributed by atoms with Crippen LogP contribution >= 0.6 is 11.6 Å². The Morgan fingerprint density at radius 3 is 2.94 bits per heavy atom. The lowest BCUT2D eigenvalue weighted by atomic mass is 10.2. The van der Waals surface area contributed by atoms with Crippen LogP contribution in [0.1, 0.15) is 5.56 Å². The molecule has 5 heteroatoms. The first-order valence-corrected chi connectivity index (χ1v) is 5.25. The number of hydrogen-bond acceptors (Lipinski definition) is 1. The Morgan fingerprint density at radius 2 is 2.25 bits per heavy atom. The highest BCUT2D eigenvalue weighted by atomic mass is 35.5. The summed E-state index contributed by atoms with van der Waals surface area (Å²) in [7, 11) is 0. The summed E-state index contributed by atoms with van der Waals surface area (Å²) < 4.78 is 0. The largest absolute Gasteiger partial charge is 0.324 e. The molecule has 0 spiro atoms. The number of carbonyl (C=O) groups excluding carboxylic acids is 1. The summed E-state index contributed by atoms with van der Waals surface area (Å²) in [5.41, 5.74) is 1.51. The van der Waals surface area contributed by atoms with Crippen LogP contribution in [0.3, 0.4) is 0 Å². The van der Waals surface area contributed by atoms with Crippen molar-refractivity contribution in [3.63, 3.8) is 0 Å². The van der Waals surface area contributed by atoms with E-state index in [2.05, 4.69) is 10.6 Å². The highest BCUT2D eigenvalue weighted by Crippen LogP contribution is 2.11. The average Bonchev–Trinajstić information content (AvgIpc) is 2.27. The molecule has 4 nitrogen and oxygen atoms in total. The summed E-state index contributed by atoms with van der Waals surface area (Å²) in [4.78, 5) is 11.2. The van der Waals surface area contributed by atoms with E-state index in [9.17, 15) is 9.90 Å². The summed E-state index contributed by atoms with van der Waals surface area (Å²) in [6.45, 7) is -0.260. The van der Waals surface area contributed by atoms with Gasteiger partial charge in [-0.25, -0.2) is 9.90 Å². The van der Waals surface area contributed by atoms with E-state index in [0.717, 1.165) is 5.56 Å². The van der Waals surface area contributed by atoms with E-state index in [1.165, 1.54) is 6.08 Å². The molecule has 0 saturated carbocycles. The first-order chi connectivity index (χ1) is 7.76. The van der Waals surface area contributed by atoms with Crippen molar-refractivity contribution >= 4 is 29.4 Å². The van der Waals surface area contributed by atoms with Gasteiger partial charge in [-0.2, -0.15) is 0 Å². The third-order valence-corrected chi connectivity index (χ3v) is 1.91. The van der Waals surface area contributed by atoms with Crippen LogP contribution < -0.4 is 10.6 Å². The van der Waals surface area contributed by atoms with Gasteiger partial charge in [-0.1, -0.05) is 24.3 Å². The van der Waals surface area contributed by atoms with E-state index < -0.39 is 0 Å². The van der Waals surface area contributed by atoms with Crippen molar-refractivity contribution in [1.29, 1.82) is 0 Å². The smallest absolute Gasteiger partial charge is 0.320 e. The summed E-state index contributed by atoms with van der Waals surface area (Å²) in [6, 6.07) is 6.85. The predicted octanol–water partition coefficient (Wildman–Crippen LogP) is 2.45. The standard InChI is InChI=1S/C11H12ClN2O2/c12-8-13-11(16)14-10-5-1-3-9(7-10)4-2-6-15/h1-5,7H,6,8H2,(H2,13,14,16)/b4-2+. The number of nitrogens with one attached hydrogen (secondary N) is 2. The van der Waals surface area contributed by atoms with Gasteiger partial charge in [0.25, 0.3) is 0 Å². The summed E-state index contributed by atoms with van der Waals surface area (Å²) in [5, 5.41) is 15.3. The van der Waals surface area contributed by atoms with Crippen molar-refractivity contribution in [2.75, 3.05) is 17.9 Å². The van der Waals surface area contributed by atoms with Crippen LogP contribution in [0.25, 0.3) is 6.08 Å². The van der Waals surface area contributed by atoms with E-state index in [1.807, 2.05) is 6.07 Å². The first-order valence-electron chi connectivity index (χ1n) is 4.72. The SMILES string of the molecule is [O]C/C=C/c1cccc(NC(=O)NCCl)c1. The minimum atomic E-state index is -0.361. The maximum absolute atomic E-state index is 11.2. The van der Waals surface area contributed by atoms with Gasteiger partial charge in [0.1, 0.15) is 6.61 Å². The average molecular weight is 240 g/mol. The molecule has 1 aromatic rings. The van der Waals surface area contributed by atoms with Crippen molar-refractivity contribution in [2.45, 2.75) is 0 Å². The Morgan fingerprint density at radius 1 is 1.44 bits per heavy atom. The van der Waals surface area contributed by atoms with Crippen LogP contribution in [0.5, 0.6) is 0 Å². The van der Waals surface area contributed by atoms with Gasteiger partial charge < -0.3 is 10.6 Å². The van der Waals surface area contributed by atoms with Crippen molar-refractivity contribution in [3.05, 3.63) is 35.9 Å². The summed E-state index contributed by atoms with van der Waals surface area (Å²) in [5.74, 6) is 0. The molecule has 0 aliphatic rings. The number of alkyl halides is 1. The zero-order valence-electron chi connectivity index (χ0n) is 8.57. The van der Waals surface area contributed by atoms with Gasteiger partial charge in [0.05, 0.1) is 6.00 Å². The molecule has 1 aromatic carbocycles. The molecule has 0 aromatic heterocycles. The fourth-order valence-electron chi connectivity index (χ4n) is 1.14. The second kappa shape index (κ2) is 6.87. The molecule has 1 radical (unpaired) electrons. The number of benzene rings is 1. The highest BCUT2D eigenvalue weighted by molar-refractivity contribution is 6.18. The van der Waals surface area contributed by atoms with Gasteiger partial charge in [-0.3, -0.25) is 0 Å². The van der Waals surface area contributed by atoms with Gasteiger partial charge in [0, 0.05) is 5.69 Å². The molecular formula is C11H12ClN2O2. The van der Waals surface area contributed by atoms with Gasteiger partial charge in [0.2, 0.25) is 0 Å². The van der Waals surface area contributed by atoms with Gasteiger partial charge in [-0.05, 0) is 17.7 Å². The van der Waals surface area contributed by atoms with Crippen LogP contribution in [0, 0.1) is 0 Å². The van der Waals surface area contributed by atoms with Crippen LogP contribution in [0.15, 0.2) is 30.3 Å².